The third-order valence-corrected chi connectivity index (χ3v) is 3.36. The van der Waals surface area contributed by atoms with Crippen molar-refractivity contribution >= 4 is 17.0 Å². The van der Waals surface area contributed by atoms with Gasteiger partial charge in [0.2, 0.25) is 0 Å². The summed E-state index contributed by atoms with van der Waals surface area (Å²) in [6.07, 6.45) is 3.44. The van der Waals surface area contributed by atoms with E-state index in [9.17, 15) is 15.0 Å². The third-order valence-electron chi connectivity index (χ3n) is 3.36. The van der Waals surface area contributed by atoms with E-state index in [1.54, 1.807) is 26.0 Å². The highest BCUT2D eigenvalue weighted by molar-refractivity contribution is 5.93. The first-order valence-corrected chi connectivity index (χ1v) is 6.23. The van der Waals surface area contributed by atoms with Gasteiger partial charge in [0, 0.05) is 12.1 Å². The Bertz CT molecular complexity index is 787. The predicted molar refractivity (Wildman–Crippen MR) is 74.0 cm³/mol. The average Bonchev–Trinajstić information content (AvgIpc) is 2.37. The molecular weight excluding hydrogens is 260 g/mol. The first-order valence-electron chi connectivity index (χ1n) is 6.23. The maximum absolute atomic E-state index is 12.0. The van der Waals surface area contributed by atoms with E-state index in [1.807, 2.05) is 0 Å². The lowest BCUT2D eigenvalue weighted by molar-refractivity contribution is 0.0640. The van der Waals surface area contributed by atoms with Crippen LogP contribution in [0.5, 0.6) is 11.5 Å². The van der Waals surface area contributed by atoms with Crippen molar-refractivity contribution in [3.63, 3.8) is 0 Å². The quantitative estimate of drug-likeness (QED) is 0.831. The summed E-state index contributed by atoms with van der Waals surface area (Å²) < 4.78 is 11.2. The molecule has 0 unspecified atom stereocenters. The Kier molecular flexibility index (Phi) is 2.62. The summed E-state index contributed by atoms with van der Waals surface area (Å²) in [5.41, 5.74) is -0.268. The number of aromatic hydroxyl groups is 1. The van der Waals surface area contributed by atoms with Crippen LogP contribution in [0.15, 0.2) is 27.4 Å². The van der Waals surface area contributed by atoms with E-state index in [0.29, 0.717) is 22.7 Å². The van der Waals surface area contributed by atoms with Crippen molar-refractivity contribution in [3.8, 4) is 11.5 Å². The van der Waals surface area contributed by atoms with E-state index < -0.39 is 5.60 Å². The zero-order valence-electron chi connectivity index (χ0n) is 11.1. The molecule has 20 heavy (non-hydrogen) atoms. The van der Waals surface area contributed by atoms with Gasteiger partial charge >= 0.3 is 0 Å². The van der Waals surface area contributed by atoms with Crippen LogP contribution in [-0.4, -0.2) is 22.4 Å². The number of ether oxygens (including phenoxy) is 1. The van der Waals surface area contributed by atoms with Gasteiger partial charge in [-0.25, -0.2) is 0 Å². The topological polar surface area (TPSA) is 79.9 Å². The Balaban J connectivity index is 2.37. The van der Waals surface area contributed by atoms with Crippen LogP contribution in [0.3, 0.4) is 0 Å². The molecule has 104 valence electrons. The maximum atomic E-state index is 12.0. The number of aryl methyl sites for hydroxylation is 1. The lowest BCUT2D eigenvalue weighted by Gasteiger charge is -2.30. The van der Waals surface area contributed by atoms with E-state index in [0.717, 1.165) is 0 Å². The first kappa shape index (κ1) is 12.7. The number of phenols is 1. The van der Waals surface area contributed by atoms with Crippen molar-refractivity contribution in [2.75, 3.05) is 6.61 Å². The number of hydrogen-bond donors (Lipinski definition) is 2. The number of benzene rings is 1. The van der Waals surface area contributed by atoms with E-state index in [2.05, 4.69) is 0 Å². The van der Waals surface area contributed by atoms with Gasteiger partial charge in [-0.2, -0.15) is 0 Å². The van der Waals surface area contributed by atoms with Crippen molar-refractivity contribution in [1.82, 2.24) is 0 Å². The van der Waals surface area contributed by atoms with Gasteiger partial charge in [0.15, 0.2) is 11.0 Å². The van der Waals surface area contributed by atoms with Gasteiger partial charge in [0.05, 0.1) is 12.2 Å². The molecule has 1 aliphatic heterocycles. The zero-order chi connectivity index (χ0) is 14.5. The van der Waals surface area contributed by atoms with Crippen LogP contribution in [0.4, 0.5) is 0 Å². The standard InChI is InChI=1S/C15H14O5/c1-8-5-10(17)13-11(18)6-12-9(14(13)19-8)3-4-15(2,7-16)20-12/h3-6,16,18H,7H2,1-2H3/t15-/m1/s1. The predicted octanol–water partition coefficient (Wildman–Crippen LogP) is 1.96. The minimum atomic E-state index is -0.850. The molecule has 2 aromatic rings. The molecule has 0 bridgehead atoms. The Morgan fingerprint density at radius 2 is 2.10 bits per heavy atom. The van der Waals surface area contributed by atoms with Crippen molar-refractivity contribution in [3.05, 3.63) is 39.8 Å². The second-order valence-corrected chi connectivity index (χ2v) is 5.14. The molecule has 1 aliphatic rings. The zero-order valence-corrected chi connectivity index (χ0v) is 11.1. The minimum Gasteiger partial charge on any atom is -0.507 e. The molecule has 5 heteroatoms. The molecule has 1 aromatic heterocycles. The molecule has 0 saturated heterocycles. The highest BCUT2D eigenvalue weighted by Gasteiger charge is 2.29. The Morgan fingerprint density at radius 1 is 1.35 bits per heavy atom. The molecule has 5 nitrogen and oxygen atoms in total. The smallest absolute Gasteiger partial charge is 0.196 e. The molecule has 3 rings (SSSR count). The molecule has 0 fully saturated rings. The summed E-state index contributed by atoms with van der Waals surface area (Å²) in [7, 11) is 0. The van der Waals surface area contributed by atoms with Crippen LogP contribution < -0.4 is 10.2 Å². The molecule has 0 spiro atoms. The largest absolute Gasteiger partial charge is 0.507 e. The van der Waals surface area contributed by atoms with Crippen LogP contribution >= 0.6 is 0 Å². The molecule has 0 aliphatic carbocycles. The normalized spacial score (nSPS) is 20.8. The molecular formula is C15H14O5. The summed E-state index contributed by atoms with van der Waals surface area (Å²) in [6.45, 7) is 3.20. The number of rotatable bonds is 1. The maximum Gasteiger partial charge on any atom is 0.196 e. The number of aliphatic hydroxyl groups is 1. The summed E-state index contributed by atoms with van der Waals surface area (Å²) in [5, 5.41) is 19.5. The van der Waals surface area contributed by atoms with Crippen molar-refractivity contribution in [1.29, 1.82) is 0 Å². The van der Waals surface area contributed by atoms with E-state index in [-0.39, 0.29) is 23.2 Å². The van der Waals surface area contributed by atoms with Crippen molar-refractivity contribution < 1.29 is 19.4 Å². The Labute approximate surface area is 114 Å². The van der Waals surface area contributed by atoms with Crippen molar-refractivity contribution in [2.45, 2.75) is 19.4 Å². The van der Waals surface area contributed by atoms with Gasteiger partial charge < -0.3 is 19.4 Å². The molecule has 0 radical (unpaired) electrons. The molecule has 1 aromatic carbocycles. The lowest BCUT2D eigenvalue weighted by Crippen LogP contribution is -2.35. The average molecular weight is 274 g/mol. The lowest BCUT2D eigenvalue weighted by atomic mass is 9.99. The summed E-state index contributed by atoms with van der Waals surface area (Å²) in [5.74, 6) is 0.644. The highest BCUT2D eigenvalue weighted by Crippen LogP contribution is 2.39. The fourth-order valence-electron chi connectivity index (χ4n) is 2.30. The molecule has 0 saturated carbocycles. The SMILES string of the molecule is Cc1cc(=O)c2c(O)cc3c(c2o1)C=C[C@](C)(CO)O3. The van der Waals surface area contributed by atoms with Crippen LogP contribution in [-0.2, 0) is 0 Å². The van der Waals surface area contributed by atoms with Crippen LogP contribution in [0.25, 0.3) is 17.0 Å². The van der Waals surface area contributed by atoms with E-state index in [4.69, 9.17) is 9.15 Å². The summed E-state index contributed by atoms with van der Waals surface area (Å²) in [6, 6.07) is 2.71. The monoisotopic (exact) mass is 274 g/mol. The first-order chi connectivity index (χ1) is 9.43. The van der Waals surface area contributed by atoms with Gasteiger partial charge in [-0.3, -0.25) is 4.79 Å². The number of phenolic OH excluding ortho intramolecular Hbond substituents is 1. The van der Waals surface area contributed by atoms with Crippen LogP contribution in [0.2, 0.25) is 0 Å². The Hall–Kier alpha value is -2.27. The van der Waals surface area contributed by atoms with Crippen LogP contribution in [0, 0.1) is 6.92 Å². The van der Waals surface area contributed by atoms with Gasteiger partial charge in [0.25, 0.3) is 0 Å². The second kappa shape index (κ2) is 4.11. The Morgan fingerprint density at radius 3 is 2.80 bits per heavy atom. The third kappa shape index (κ3) is 1.78. The fraction of sp³-hybridized carbons (Fsp3) is 0.267. The summed E-state index contributed by atoms with van der Waals surface area (Å²) >= 11 is 0. The molecule has 1 atom stereocenters. The van der Waals surface area contributed by atoms with E-state index in [1.165, 1.54) is 12.1 Å². The fourth-order valence-corrected chi connectivity index (χ4v) is 2.30. The molecule has 2 heterocycles. The molecule has 0 amide bonds. The minimum absolute atomic E-state index is 0.134. The van der Waals surface area contributed by atoms with Crippen molar-refractivity contribution in [2.24, 2.45) is 0 Å². The van der Waals surface area contributed by atoms with Gasteiger partial charge in [-0.05, 0) is 26.0 Å². The number of aliphatic hydroxyl groups excluding tert-OH is 1. The van der Waals surface area contributed by atoms with Crippen LogP contribution in [0.1, 0.15) is 18.2 Å². The second-order valence-electron chi connectivity index (χ2n) is 5.14. The van der Waals surface area contributed by atoms with Gasteiger partial charge in [-0.15, -0.1) is 0 Å². The number of fused-ring (bicyclic) bond motifs is 3. The number of hydrogen-bond acceptors (Lipinski definition) is 5. The summed E-state index contributed by atoms with van der Waals surface area (Å²) in [4.78, 5) is 12.0. The molecule has 2 N–H and O–H groups in total. The van der Waals surface area contributed by atoms with Gasteiger partial charge in [0.1, 0.15) is 28.2 Å². The van der Waals surface area contributed by atoms with Gasteiger partial charge in [-0.1, -0.05) is 0 Å². The highest BCUT2D eigenvalue weighted by atomic mass is 16.5. The van der Waals surface area contributed by atoms with E-state index >= 15 is 0 Å².